The van der Waals surface area contributed by atoms with E-state index in [2.05, 4.69) is 29.4 Å². The van der Waals surface area contributed by atoms with Gasteiger partial charge in [0.25, 0.3) is 0 Å². The van der Waals surface area contributed by atoms with Crippen molar-refractivity contribution in [3.8, 4) is 22.9 Å². The van der Waals surface area contributed by atoms with Crippen LogP contribution < -0.4 is 14.8 Å². The van der Waals surface area contributed by atoms with Gasteiger partial charge in [-0.05, 0) is 36.6 Å². The molecule has 1 unspecified atom stereocenters. The molecule has 3 heterocycles. The van der Waals surface area contributed by atoms with Crippen LogP contribution in [0.2, 0.25) is 0 Å². The molecule has 0 spiro atoms. The van der Waals surface area contributed by atoms with Crippen LogP contribution in [0.25, 0.3) is 11.4 Å². The highest BCUT2D eigenvalue weighted by molar-refractivity contribution is 7.99. The fourth-order valence-corrected chi connectivity index (χ4v) is 4.37. The van der Waals surface area contributed by atoms with Crippen LogP contribution in [0.5, 0.6) is 11.5 Å². The average Bonchev–Trinajstić information content (AvgIpc) is 3.26. The van der Waals surface area contributed by atoms with E-state index in [4.69, 9.17) is 13.9 Å². The summed E-state index contributed by atoms with van der Waals surface area (Å²) < 4.78 is 18.8. The number of rotatable bonds is 7. The number of thioether (sulfide) groups is 1. The highest BCUT2D eigenvalue weighted by Gasteiger charge is 2.22. The monoisotopic (exact) mass is 456 g/mol. The Kier molecular flexibility index (Phi) is 6.74. The van der Waals surface area contributed by atoms with Gasteiger partial charge in [0.05, 0.1) is 36.8 Å². The lowest BCUT2D eigenvalue weighted by Crippen LogP contribution is -2.33. The summed E-state index contributed by atoms with van der Waals surface area (Å²) in [6, 6.07) is 7.62. The largest absolute Gasteiger partial charge is 0.490 e. The standard InChI is InChI=1S/C23H28N4O4S/c1-14(2)21(16-6-7-18-19(12-16)31-10-5-9-30-18)24-20(28)13-32-23-26-25-22(27(23)4)17-8-11-29-15(17)3/h6-8,11-12,14,21H,5,9-10,13H2,1-4H3,(H,24,28). The van der Waals surface area contributed by atoms with Crippen LogP contribution in [-0.2, 0) is 11.8 Å². The molecule has 3 aromatic rings. The second kappa shape index (κ2) is 9.68. The van der Waals surface area contributed by atoms with Crippen LogP contribution in [0.1, 0.15) is 37.6 Å². The van der Waals surface area contributed by atoms with Crippen LogP contribution >= 0.6 is 11.8 Å². The Morgan fingerprint density at radius 2 is 1.97 bits per heavy atom. The molecule has 1 atom stereocenters. The number of aromatic nitrogens is 3. The topological polar surface area (TPSA) is 91.4 Å². The number of hydrogen-bond donors (Lipinski definition) is 1. The quantitative estimate of drug-likeness (QED) is 0.534. The van der Waals surface area contributed by atoms with Crippen LogP contribution in [0.3, 0.4) is 0 Å². The molecule has 32 heavy (non-hydrogen) atoms. The highest BCUT2D eigenvalue weighted by atomic mass is 32.2. The number of nitrogens with one attached hydrogen (secondary N) is 1. The zero-order valence-electron chi connectivity index (χ0n) is 18.8. The Morgan fingerprint density at radius 1 is 1.19 bits per heavy atom. The predicted molar refractivity (Wildman–Crippen MR) is 122 cm³/mol. The van der Waals surface area contributed by atoms with Crippen LogP contribution in [0.4, 0.5) is 0 Å². The zero-order valence-corrected chi connectivity index (χ0v) is 19.6. The summed E-state index contributed by atoms with van der Waals surface area (Å²) in [5.74, 6) is 3.36. The van der Waals surface area contributed by atoms with Gasteiger partial charge in [0.1, 0.15) is 5.76 Å². The van der Waals surface area contributed by atoms with Gasteiger partial charge in [0, 0.05) is 13.5 Å². The summed E-state index contributed by atoms with van der Waals surface area (Å²) in [6.07, 6.45) is 2.49. The van der Waals surface area contributed by atoms with Gasteiger partial charge in [-0.3, -0.25) is 4.79 Å². The van der Waals surface area contributed by atoms with Crippen molar-refractivity contribution in [1.29, 1.82) is 0 Å². The number of carbonyl (C=O) groups is 1. The number of aryl methyl sites for hydroxylation is 1. The number of benzene rings is 1. The molecular weight excluding hydrogens is 428 g/mol. The molecule has 170 valence electrons. The normalized spacial score (nSPS) is 14.3. The summed E-state index contributed by atoms with van der Waals surface area (Å²) in [5, 5.41) is 12.3. The lowest BCUT2D eigenvalue weighted by atomic mass is 9.95. The van der Waals surface area contributed by atoms with Crippen LogP contribution in [0, 0.1) is 12.8 Å². The van der Waals surface area contributed by atoms with E-state index in [1.807, 2.05) is 42.8 Å². The minimum absolute atomic E-state index is 0.0650. The van der Waals surface area contributed by atoms with Crippen molar-refractivity contribution in [2.24, 2.45) is 13.0 Å². The molecule has 1 amide bonds. The Morgan fingerprint density at radius 3 is 2.69 bits per heavy atom. The summed E-state index contributed by atoms with van der Waals surface area (Å²) in [5.41, 5.74) is 1.89. The van der Waals surface area contributed by atoms with E-state index in [1.165, 1.54) is 11.8 Å². The molecule has 0 aliphatic carbocycles. The third kappa shape index (κ3) is 4.77. The molecule has 0 bridgehead atoms. The fraction of sp³-hybridized carbons (Fsp3) is 0.435. The Hall–Kier alpha value is -2.94. The van der Waals surface area contributed by atoms with E-state index in [1.54, 1.807) is 6.26 Å². The molecule has 0 saturated heterocycles. The maximum Gasteiger partial charge on any atom is 0.230 e. The first-order chi connectivity index (χ1) is 15.4. The SMILES string of the molecule is Cc1occc1-c1nnc(SCC(=O)NC(c2ccc3c(c2)OCCCO3)C(C)C)n1C. The van der Waals surface area contributed by atoms with Crippen LogP contribution in [0.15, 0.2) is 40.1 Å². The van der Waals surface area contributed by atoms with Crippen molar-refractivity contribution < 1.29 is 18.7 Å². The van der Waals surface area contributed by atoms with Crippen molar-refractivity contribution in [1.82, 2.24) is 20.1 Å². The molecule has 0 fully saturated rings. The summed E-state index contributed by atoms with van der Waals surface area (Å²) >= 11 is 1.36. The highest BCUT2D eigenvalue weighted by Crippen LogP contribution is 2.34. The van der Waals surface area contributed by atoms with E-state index >= 15 is 0 Å². The minimum atomic E-state index is -0.135. The maximum absolute atomic E-state index is 12.8. The Bertz CT molecular complexity index is 1090. The second-order valence-corrected chi connectivity index (χ2v) is 9.03. The first-order valence-electron chi connectivity index (χ1n) is 10.7. The van der Waals surface area contributed by atoms with Crippen molar-refractivity contribution in [2.45, 2.75) is 38.4 Å². The van der Waals surface area contributed by atoms with E-state index < -0.39 is 0 Å². The van der Waals surface area contributed by atoms with Gasteiger partial charge in [-0.2, -0.15) is 0 Å². The molecule has 0 radical (unpaired) electrons. The van der Waals surface area contributed by atoms with Gasteiger partial charge < -0.3 is 23.8 Å². The number of furan rings is 1. The smallest absolute Gasteiger partial charge is 0.230 e. The van der Waals surface area contributed by atoms with Gasteiger partial charge in [0.15, 0.2) is 22.5 Å². The van der Waals surface area contributed by atoms with E-state index in [-0.39, 0.29) is 23.6 Å². The average molecular weight is 457 g/mol. The molecule has 1 aliphatic rings. The first-order valence-corrected chi connectivity index (χ1v) is 11.7. The number of nitrogens with zero attached hydrogens (tertiary/aromatic N) is 3. The predicted octanol–water partition coefficient (Wildman–Crippen LogP) is 4.15. The summed E-state index contributed by atoms with van der Waals surface area (Å²) in [6.45, 7) is 7.34. The minimum Gasteiger partial charge on any atom is -0.490 e. The second-order valence-electron chi connectivity index (χ2n) is 8.09. The molecular formula is C23H28N4O4S. The molecule has 1 aliphatic heterocycles. The molecule has 8 nitrogen and oxygen atoms in total. The van der Waals surface area contributed by atoms with Gasteiger partial charge in [-0.25, -0.2) is 0 Å². The van der Waals surface area contributed by atoms with Crippen molar-refractivity contribution >= 4 is 17.7 Å². The third-order valence-corrected chi connectivity index (χ3v) is 6.40. The van der Waals surface area contributed by atoms with Gasteiger partial charge >= 0.3 is 0 Å². The molecule has 1 aromatic carbocycles. The number of amides is 1. The van der Waals surface area contributed by atoms with Gasteiger partial charge in [0.2, 0.25) is 5.91 Å². The number of fused-ring (bicyclic) bond motifs is 1. The fourth-order valence-electron chi connectivity index (χ4n) is 3.65. The van der Waals surface area contributed by atoms with Crippen molar-refractivity contribution in [3.05, 3.63) is 41.9 Å². The van der Waals surface area contributed by atoms with Crippen molar-refractivity contribution in [3.63, 3.8) is 0 Å². The summed E-state index contributed by atoms with van der Waals surface area (Å²) in [7, 11) is 1.89. The Balaban J connectivity index is 1.42. The van der Waals surface area contributed by atoms with Gasteiger partial charge in [-0.15, -0.1) is 10.2 Å². The van der Waals surface area contributed by atoms with Gasteiger partial charge in [-0.1, -0.05) is 31.7 Å². The molecule has 9 heteroatoms. The van der Waals surface area contributed by atoms with Crippen molar-refractivity contribution in [2.75, 3.05) is 19.0 Å². The maximum atomic E-state index is 12.8. The molecule has 4 rings (SSSR count). The summed E-state index contributed by atoms with van der Waals surface area (Å²) in [4.78, 5) is 12.8. The lowest BCUT2D eigenvalue weighted by molar-refractivity contribution is -0.119. The van der Waals surface area contributed by atoms with E-state index in [9.17, 15) is 4.79 Å². The first kappa shape index (κ1) is 22.3. The number of carbonyl (C=O) groups excluding carboxylic acids is 1. The van der Waals surface area contributed by atoms with E-state index in [0.717, 1.165) is 34.8 Å². The third-order valence-electron chi connectivity index (χ3n) is 5.38. The molecule has 2 aromatic heterocycles. The molecule has 0 saturated carbocycles. The lowest BCUT2D eigenvalue weighted by Gasteiger charge is -2.24. The number of ether oxygens (including phenoxy) is 2. The molecule has 1 N–H and O–H groups in total. The van der Waals surface area contributed by atoms with E-state index in [0.29, 0.717) is 24.2 Å². The number of hydrogen-bond acceptors (Lipinski definition) is 7. The Labute approximate surface area is 191 Å². The zero-order chi connectivity index (χ0) is 22.7. The van der Waals surface area contributed by atoms with Crippen LogP contribution in [-0.4, -0.2) is 39.6 Å².